The van der Waals surface area contributed by atoms with E-state index in [1.807, 2.05) is 105 Å². The van der Waals surface area contributed by atoms with Crippen LogP contribution < -0.4 is 0 Å². The Labute approximate surface area is 198 Å². The summed E-state index contributed by atoms with van der Waals surface area (Å²) in [5.74, 6) is 0.0451. The summed E-state index contributed by atoms with van der Waals surface area (Å²) < 4.78 is 1.73. The van der Waals surface area contributed by atoms with Crippen molar-refractivity contribution in [3.8, 4) is 5.69 Å². The molecular weight excluding hydrogens is 430 g/mol. The Balaban J connectivity index is 1.56. The Kier molecular flexibility index (Phi) is 7.19. The normalized spacial score (nSPS) is 11.8. The third kappa shape index (κ3) is 5.49. The fourth-order valence-electron chi connectivity index (χ4n) is 3.82. The van der Waals surface area contributed by atoms with Crippen LogP contribution in [-0.4, -0.2) is 36.3 Å². The van der Waals surface area contributed by atoms with E-state index in [2.05, 4.69) is 15.5 Å². The van der Waals surface area contributed by atoms with Gasteiger partial charge in [0.15, 0.2) is 0 Å². The molecule has 168 valence electrons. The zero-order valence-electron chi connectivity index (χ0n) is 19.0. The van der Waals surface area contributed by atoms with Gasteiger partial charge in [0.1, 0.15) is 0 Å². The molecule has 0 fully saturated rings. The lowest BCUT2D eigenvalue weighted by Crippen LogP contribution is -2.35. The summed E-state index contributed by atoms with van der Waals surface area (Å²) in [6, 6.07) is 26.2. The van der Waals surface area contributed by atoms with Gasteiger partial charge in [0.05, 0.1) is 10.9 Å². The topological polar surface area (TPSA) is 63.9 Å². The largest absolute Gasteiger partial charge is 0.333 e. The maximum atomic E-state index is 13.6. The van der Waals surface area contributed by atoms with Crippen LogP contribution in [-0.2, 0) is 17.9 Å². The number of aryl methyl sites for hydroxylation is 2. The summed E-state index contributed by atoms with van der Waals surface area (Å²) in [6.45, 7) is 7.07. The number of benzene rings is 3. The Bertz CT molecular complexity index is 1150. The number of nitrogens with zero attached hydrogens (tertiary/aromatic N) is 5. The Morgan fingerprint density at radius 1 is 0.879 bits per heavy atom. The van der Waals surface area contributed by atoms with E-state index >= 15 is 0 Å². The zero-order chi connectivity index (χ0) is 23.2. The third-order valence-corrected chi connectivity index (χ3v) is 6.49. The van der Waals surface area contributed by atoms with Gasteiger partial charge in [-0.15, -0.1) is 5.10 Å². The van der Waals surface area contributed by atoms with Crippen molar-refractivity contribution in [1.29, 1.82) is 0 Å². The van der Waals surface area contributed by atoms with E-state index in [0.29, 0.717) is 18.2 Å². The number of amides is 1. The van der Waals surface area contributed by atoms with Crippen LogP contribution in [0.15, 0.2) is 84.0 Å². The van der Waals surface area contributed by atoms with E-state index in [1.165, 1.54) is 11.8 Å². The van der Waals surface area contributed by atoms with Crippen LogP contribution in [0.1, 0.15) is 29.2 Å². The second-order valence-electron chi connectivity index (χ2n) is 8.04. The molecule has 0 bridgehead atoms. The van der Waals surface area contributed by atoms with Gasteiger partial charge in [0.25, 0.3) is 0 Å². The number of thioether (sulfide) groups is 1. The predicted molar refractivity (Wildman–Crippen MR) is 131 cm³/mol. The van der Waals surface area contributed by atoms with Crippen LogP contribution in [0.25, 0.3) is 5.69 Å². The van der Waals surface area contributed by atoms with E-state index in [9.17, 15) is 4.79 Å². The fourth-order valence-corrected chi connectivity index (χ4v) is 4.69. The highest BCUT2D eigenvalue weighted by Crippen LogP contribution is 2.27. The highest BCUT2D eigenvalue weighted by Gasteiger charge is 2.25. The standard InChI is InChI=1S/C26H27N5OS/c1-19-11-10-12-20(2)24(19)31-26(27-28-29-31)33-21(3)25(32)30(17-22-13-6-4-7-14-22)18-23-15-8-5-9-16-23/h4-16,21H,17-18H2,1-3H3. The Hall–Kier alpha value is -3.45. The molecule has 0 radical (unpaired) electrons. The monoisotopic (exact) mass is 457 g/mol. The van der Waals surface area contributed by atoms with Crippen molar-refractivity contribution in [1.82, 2.24) is 25.1 Å². The van der Waals surface area contributed by atoms with Crippen molar-refractivity contribution in [2.45, 2.75) is 44.3 Å². The van der Waals surface area contributed by atoms with Crippen molar-refractivity contribution < 1.29 is 4.79 Å². The van der Waals surface area contributed by atoms with Gasteiger partial charge in [-0.3, -0.25) is 4.79 Å². The first kappa shape index (κ1) is 22.7. The van der Waals surface area contributed by atoms with E-state index in [4.69, 9.17) is 0 Å². The maximum Gasteiger partial charge on any atom is 0.236 e. The minimum atomic E-state index is -0.355. The lowest BCUT2D eigenvalue weighted by atomic mass is 10.1. The van der Waals surface area contributed by atoms with Crippen LogP contribution in [0.4, 0.5) is 0 Å². The number of carbonyl (C=O) groups is 1. The quantitative estimate of drug-likeness (QED) is 0.349. The van der Waals surface area contributed by atoms with E-state index in [0.717, 1.165) is 27.9 Å². The molecular formula is C26H27N5OS. The second-order valence-corrected chi connectivity index (χ2v) is 9.35. The lowest BCUT2D eigenvalue weighted by molar-refractivity contribution is -0.131. The molecule has 0 saturated carbocycles. The number of tetrazole rings is 1. The number of hydrogen-bond acceptors (Lipinski definition) is 5. The number of carbonyl (C=O) groups excluding carboxylic acids is 1. The number of para-hydroxylation sites is 1. The third-order valence-electron chi connectivity index (χ3n) is 5.47. The van der Waals surface area contributed by atoms with Crippen LogP contribution in [0.3, 0.4) is 0 Å². The zero-order valence-corrected chi connectivity index (χ0v) is 19.9. The van der Waals surface area contributed by atoms with Gasteiger partial charge in [0.2, 0.25) is 11.1 Å². The van der Waals surface area contributed by atoms with Gasteiger partial charge in [-0.1, -0.05) is 90.6 Å². The molecule has 1 amide bonds. The highest BCUT2D eigenvalue weighted by molar-refractivity contribution is 8.00. The molecule has 0 spiro atoms. The van der Waals surface area contributed by atoms with Crippen LogP contribution >= 0.6 is 11.8 Å². The first-order chi connectivity index (χ1) is 16.0. The molecule has 1 atom stereocenters. The molecule has 0 aliphatic heterocycles. The molecule has 3 aromatic carbocycles. The molecule has 4 aromatic rings. The summed E-state index contributed by atoms with van der Waals surface area (Å²) >= 11 is 1.38. The molecule has 6 nitrogen and oxygen atoms in total. The van der Waals surface area contributed by atoms with E-state index in [-0.39, 0.29) is 11.2 Å². The van der Waals surface area contributed by atoms with Gasteiger partial charge in [-0.2, -0.15) is 4.68 Å². The lowest BCUT2D eigenvalue weighted by Gasteiger charge is -2.26. The van der Waals surface area contributed by atoms with Crippen molar-refractivity contribution in [2.75, 3.05) is 0 Å². The van der Waals surface area contributed by atoms with Gasteiger partial charge in [-0.25, -0.2) is 0 Å². The molecule has 33 heavy (non-hydrogen) atoms. The van der Waals surface area contributed by atoms with Crippen molar-refractivity contribution in [3.05, 3.63) is 101 Å². The molecule has 0 N–H and O–H groups in total. The summed E-state index contributed by atoms with van der Waals surface area (Å²) in [4.78, 5) is 15.5. The van der Waals surface area contributed by atoms with E-state index in [1.54, 1.807) is 4.68 Å². The minimum Gasteiger partial charge on any atom is -0.333 e. The average Bonchev–Trinajstić information content (AvgIpc) is 3.27. The summed E-state index contributed by atoms with van der Waals surface area (Å²) in [5.41, 5.74) is 5.31. The van der Waals surface area contributed by atoms with Crippen LogP contribution in [0.5, 0.6) is 0 Å². The molecule has 4 rings (SSSR count). The second kappa shape index (κ2) is 10.4. The minimum absolute atomic E-state index is 0.0451. The SMILES string of the molecule is Cc1cccc(C)c1-n1nnnc1SC(C)C(=O)N(Cc1ccccc1)Cc1ccccc1. The maximum absolute atomic E-state index is 13.6. The predicted octanol–water partition coefficient (Wildman–Crippen LogP) is 4.99. The number of hydrogen-bond donors (Lipinski definition) is 0. The molecule has 7 heteroatoms. The van der Waals surface area contributed by atoms with Crippen LogP contribution in [0, 0.1) is 13.8 Å². The summed E-state index contributed by atoms with van der Waals surface area (Å²) in [7, 11) is 0. The molecule has 0 aliphatic carbocycles. The molecule has 1 aromatic heterocycles. The van der Waals surface area contributed by atoms with Gasteiger partial charge in [-0.05, 0) is 53.5 Å². The van der Waals surface area contributed by atoms with Crippen molar-refractivity contribution >= 4 is 17.7 Å². The summed E-state index contributed by atoms with van der Waals surface area (Å²) in [6.07, 6.45) is 0. The smallest absolute Gasteiger partial charge is 0.236 e. The molecule has 1 unspecified atom stereocenters. The Morgan fingerprint density at radius 3 is 1.97 bits per heavy atom. The fraction of sp³-hybridized carbons (Fsp3) is 0.231. The first-order valence-electron chi connectivity index (χ1n) is 10.9. The van der Waals surface area contributed by atoms with Gasteiger partial charge >= 0.3 is 0 Å². The van der Waals surface area contributed by atoms with Gasteiger partial charge in [0, 0.05) is 13.1 Å². The first-order valence-corrected chi connectivity index (χ1v) is 11.8. The molecule has 0 aliphatic rings. The average molecular weight is 458 g/mol. The molecule has 1 heterocycles. The highest BCUT2D eigenvalue weighted by atomic mass is 32.2. The van der Waals surface area contributed by atoms with Crippen molar-refractivity contribution in [2.24, 2.45) is 0 Å². The summed E-state index contributed by atoms with van der Waals surface area (Å²) in [5, 5.41) is 12.6. The Morgan fingerprint density at radius 2 is 1.42 bits per heavy atom. The molecule has 0 saturated heterocycles. The van der Waals surface area contributed by atoms with Gasteiger partial charge < -0.3 is 4.90 Å². The number of rotatable bonds is 8. The number of aromatic nitrogens is 4. The van der Waals surface area contributed by atoms with Crippen LogP contribution in [0.2, 0.25) is 0 Å². The van der Waals surface area contributed by atoms with E-state index < -0.39 is 0 Å². The van der Waals surface area contributed by atoms with Crippen molar-refractivity contribution in [3.63, 3.8) is 0 Å².